The summed E-state index contributed by atoms with van der Waals surface area (Å²) >= 11 is 0. The highest BCUT2D eigenvalue weighted by molar-refractivity contribution is 6.09. The van der Waals surface area contributed by atoms with Gasteiger partial charge in [0.25, 0.3) is 0 Å². The number of rotatable bonds is 6. The molecule has 0 atom stereocenters. The molecule has 13 aromatic rings. The lowest BCUT2D eigenvalue weighted by Gasteiger charge is -2.10. The summed E-state index contributed by atoms with van der Waals surface area (Å²) in [7, 11) is 0. The molecular weight excluding hydrogens is 761 g/mol. The van der Waals surface area contributed by atoms with Gasteiger partial charge < -0.3 is 8.83 Å². The molecule has 290 valence electrons. The molecule has 0 fully saturated rings. The number of nitrogens with zero attached hydrogens (tertiary/aromatic N) is 4. The molecule has 6 heteroatoms. The second kappa shape index (κ2) is 13.5. The minimum atomic E-state index is 0.849. The molecule has 0 radical (unpaired) electrons. The quantitative estimate of drug-likeness (QED) is 0.168. The largest absolute Gasteiger partial charge is 0.456 e. The normalized spacial score (nSPS) is 11.9. The van der Waals surface area contributed by atoms with Crippen LogP contribution in [0.1, 0.15) is 0 Å². The maximum Gasteiger partial charge on any atom is 0.145 e. The maximum absolute atomic E-state index is 6.42. The summed E-state index contributed by atoms with van der Waals surface area (Å²) < 4.78 is 17.3. The van der Waals surface area contributed by atoms with Gasteiger partial charge in [0.1, 0.15) is 34.0 Å². The predicted octanol–water partition coefficient (Wildman–Crippen LogP) is 14.8. The molecule has 9 aromatic carbocycles. The molecule has 0 spiro atoms. The van der Waals surface area contributed by atoms with Gasteiger partial charge in [-0.3, -0.25) is 9.13 Å². The SMILES string of the molecule is c1ccc(-c2nc3ccccc3n2-c2ccc3oc4ccc(-c5cccc(-c6ccc7oc8ccc(-n9c(-c%10ccccc%10)nc%10ccccc%109)cc8c7c6)c5)cc4c3c2)cc1. The van der Waals surface area contributed by atoms with E-state index in [0.717, 1.165) is 122 Å². The van der Waals surface area contributed by atoms with Gasteiger partial charge in [-0.1, -0.05) is 115 Å². The lowest BCUT2D eigenvalue weighted by molar-refractivity contribution is 0.668. The van der Waals surface area contributed by atoms with E-state index in [-0.39, 0.29) is 0 Å². The Balaban J connectivity index is 0.896. The van der Waals surface area contributed by atoms with Crippen molar-refractivity contribution in [3.05, 3.63) is 206 Å². The highest BCUT2D eigenvalue weighted by atomic mass is 16.3. The Kier molecular flexibility index (Phi) is 7.50. The average Bonchev–Trinajstić information content (AvgIpc) is 4.11. The second-order valence-corrected chi connectivity index (χ2v) is 15.8. The van der Waals surface area contributed by atoms with Crippen molar-refractivity contribution in [2.45, 2.75) is 0 Å². The molecule has 0 aliphatic carbocycles. The number of imidazole rings is 2. The topological polar surface area (TPSA) is 61.9 Å². The zero-order chi connectivity index (χ0) is 40.7. The van der Waals surface area contributed by atoms with Crippen molar-refractivity contribution in [1.29, 1.82) is 0 Å². The second-order valence-electron chi connectivity index (χ2n) is 15.8. The molecule has 6 nitrogen and oxygen atoms in total. The van der Waals surface area contributed by atoms with Crippen molar-refractivity contribution in [1.82, 2.24) is 19.1 Å². The first-order valence-corrected chi connectivity index (χ1v) is 20.8. The molecule has 0 aliphatic heterocycles. The predicted molar refractivity (Wildman–Crippen MR) is 252 cm³/mol. The Bertz CT molecular complexity index is 3620. The molecule has 0 saturated heterocycles. The maximum atomic E-state index is 6.42. The van der Waals surface area contributed by atoms with Crippen LogP contribution in [0.2, 0.25) is 0 Å². The molecule has 0 saturated carbocycles. The number of benzene rings is 9. The Morgan fingerprint density at radius 3 is 1.13 bits per heavy atom. The Morgan fingerprint density at radius 2 is 0.661 bits per heavy atom. The lowest BCUT2D eigenvalue weighted by atomic mass is 9.97. The van der Waals surface area contributed by atoms with E-state index in [2.05, 4.69) is 191 Å². The van der Waals surface area contributed by atoms with Crippen molar-refractivity contribution in [2.75, 3.05) is 0 Å². The number of hydrogen-bond acceptors (Lipinski definition) is 4. The van der Waals surface area contributed by atoms with E-state index < -0.39 is 0 Å². The van der Waals surface area contributed by atoms with Crippen molar-refractivity contribution in [2.24, 2.45) is 0 Å². The molecule has 62 heavy (non-hydrogen) atoms. The summed E-state index contributed by atoms with van der Waals surface area (Å²) in [5.41, 5.74) is 16.1. The van der Waals surface area contributed by atoms with Crippen LogP contribution in [-0.2, 0) is 0 Å². The zero-order valence-corrected chi connectivity index (χ0v) is 33.2. The van der Waals surface area contributed by atoms with Crippen LogP contribution in [0.4, 0.5) is 0 Å². The molecule has 13 rings (SSSR count). The molecular formula is C56H34N4O2. The van der Waals surface area contributed by atoms with Crippen molar-refractivity contribution in [3.8, 4) is 56.4 Å². The van der Waals surface area contributed by atoms with Crippen LogP contribution in [0.3, 0.4) is 0 Å². The minimum Gasteiger partial charge on any atom is -0.456 e. The van der Waals surface area contributed by atoms with Crippen LogP contribution < -0.4 is 0 Å². The summed E-state index contributed by atoms with van der Waals surface area (Å²) in [6, 6.07) is 72.0. The molecule has 0 unspecified atom stereocenters. The van der Waals surface area contributed by atoms with Gasteiger partial charge in [-0.15, -0.1) is 0 Å². The van der Waals surface area contributed by atoms with Crippen LogP contribution in [0, 0.1) is 0 Å². The average molecular weight is 795 g/mol. The summed E-state index contributed by atoms with van der Waals surface area (Å²) in [5, 5.41) is 4.25. The third-order valence-electron chi connectivity index (χ3n) is 12.1. The van der Waals surface area contributed by atoms with Crippen LogP contribution in [0.25, 0.3) is 122 Å². The number of para-hydroxylation sites is 4. The third-order valence-corrected chi connectivity index (χ3v) is 12.1. The number of aromatic nitrogens is 4. The van der Waals surface area contributed by atoms with Crippen molar-refractivity contribution < 1.29 is 8.83 Å². The smallest absolute Gasteiger partial charge is 0.145 e. The first-order valence-electron chi connectivity index (χ1n) is 20.8. The zero-order valence-electron chi connectivity index (χ0n) is 33.2. The molecule has 4 aromatic heterocycles. The van der Waals surface area contributed by atoms with Gasteiger partial charge in [0, 0.05) is 44.0 Å². The monoisotopic (exact) mass is 794 g/mol. The standard InChI is InChI=1S/C56H34N4O2/c1-3-12-35(13-4-1)55-57-47-18-7-9-20-49(47)59(55)41-24-28-53-45(33-41)43-31-39(22-26-51(43)61-53)37-16-11-17-38(30-37)40-23-27-52-44(32-40)46-34-42(25-29-54(46)62-52)60-50-21-10-8-19-48(50)58-56(60)36-14-5-2-6-15-36/h1-34H. The number of furan rings is 2. The molecule has 0 bridgehead atoms. The molecule has 0 amide bonds. The van der Waals surface area contributed by atoms with Crippen molar-refractivity contribution in [3.63, 3.8) is 0 Å². The van der Waals surface area contributed by atoms with Crippen molar-refractivity contribution >= 4 is 65.9 Å². The summed E-state index contributed by atoms with van der Waals surface area (Å²) in [6.07, 6.45) is 0. The van der Waals surface area contributed by atoms with Crippen LogP contribution in [0.15, 0.2) is 215 Å². The molecule has 0 N–H and O–H groups in total. The van der Waals surface area contributed by atoms with Crippen LogP contribution >= 0.6 is 0 Å². The van der Waals surface area contributed by atoms with Gasteiger partial charge in [-0.25, -0.2) is 9.97 Å². The molecule has 0 aliphatic rings. The highest BCUT2D eigenvalue weighted by Crippen LogP contribution is 2.39. The van der Waals surface area contributed by atoms with E-state index in [1.54, 1.807) is 0 Å². The van der Waals surface area contributed by atoms with Gasteiger partial charge in [-0.2, -0.15) is 0 Å². The highest BCUT2D eigenvalue weighted by Gasteiger charge is 2.19. The van der Waals surface area contributed by atoms with E-state index in [4.69, 9.17) is 18.8 Å². The van der Waals surface area contributed by atoms with E-state index in [1.807, 2.05) is 24.3 Å². The van der Waals surface area contributed by atoms with Gasteiger partial charge in [0.2, 0.25) is 0 Å². The minimum absolute atomic E-state index is 0.849. The van der Waals surface area contributed by atoms with E-state index in [0.29, 0.717) is 0 Å². The lowest BCUT2D eigenvalue weighted by Crippen LogP contribution is -1.97. The van der Waals surface area contributed by atoms with Gasteiger partial charge in [0.05, 0.1) is 22.1 Å². The fraction of sp³-hybridized carbons (Fsp3) is 0. The van der Waals surface area contributed by atoms with Gasteiger partial charge >= 0.3 is 0 Å². The van der Waals surface area contributed by atoms with Crippen LogP contribution in [0.5, 0.6) is 0 Å². The molecule has 4 heterocycles. The third kappa shape index (κ3) is 5.44. The fourth-order valence-corrected chi connectivity index (χ4v) is 9.18. The van der Waals surface area contributed by atoms with E-state index in [9.17, 15) is 0 Å². The summed E-state index contributed by atoms with van der Waals surface area (Å²) in [4.78, 5) is 10.1. The summed E-state index contributed by atoms with van der Waals surface area (Å²) in [6.45, 7) is 0. The van der Waals surface area contributed by atoms with Gasteiger partial charge in [0.15, 0.2) is 0 Å². The van der Waals surface area contributed by atoms with E-state index in [1.165, 1.54) is 0 Å². The first kappa shape index (κ1) is 34.4. The summed E-state index contributed by atoms with van der Waals surface area (Å²) in [5.74, 6) is 1.81. The fourth-order valence-electron chi connectivity index (χ4n) is 9.18. The Labute approximate surface area is 355 Å². The van der Waals surface area contributed by atoms with Gasteiger partial charge in [-0.05, 0) is 113 Å². The van der Waals surface area contributed by atoms with E-state index >= 15 is 0 Å². The Hall–Kier alpha value is -8.48. The number of fused-ring (bicyclic) bond motifs is 8. The Morgan fingerprint density at radius 1 is 0.290 bits per heavy atom. The van der Waals surface area contributed by atoms with Crippen LogP contribution in [-0.4, -0.2) is 19.1 Å². The number of hydrogen-bond donors (Lipinski definition) is 0. The first-order chi connectivity index (χ1) is 30.7.